The van der Waals surface area contributed by atoms with Gasteiger partial charge in [-0.15, -0.1) is 11.3 Å². The average molecular weight is 198 g/mol. The molecule has 1 aromatic heterocycles. The summed E-state index contributed by atoms with van der Waals surface area (Å²) in [5.41, 5.74) is 0.241. The molecule has 0 radical (unpaired) electrons. The Balaban J connectivity index is 2.70. The minimum absolute atomic E-state index is 0.239. The zero-order chi connectivity index (χ0) is 10.1. The maximum absolute atomic E-state index is 11.5. The smallest absolute Gasteiger partial charge is 0.339 e. The van der Waals surface area contributed by atoms with Crippen LogP contribution < -0.4 is 0 Å². The summed E-state index contributed by atoms with van der Waals surface area (Å²) in [5.74, 6) is -0.239. The van der Waals surface area contributed by atoms with Crippen molar-refractivity contribution in [2.24, 2.45) is 0 Å². The summed E-state index contributed by atoms with van der Waals surface area (Å²) in [6.07, 6.45) is 0. The third-order valence-corrected chi connectivity index (χ3v) is 2.23. The Hall–Kier alpha value is -0.830. The highest BCUT2D eigenvalue weighted by molar-refractivity contribution is 7.10. The van der Waals surface area contributed by atoms with E-state index in [1.165, 1.54) is 0 Å². The molecule has 1 rings (SSSR count). The fraction of sp³-hybridized carbons (Fsp3) is 0.500. The number of hydrogen-bond acceptors (Lipinski definition) is 3. The van der Waals surface area contributed by atoms with E-state index in [0.29, 0.717) is 5.56 Å². The predicted octanol–water partition coefficient (Wildman–Crippen LogP) is 3.01. The summed E-state index contributed by atoms with van der Waals surface area (Å²) >= 11 is 1.56. The molecule has 0 amide bonds. The highest BCUT2D eigenvalue weighted by Gasteiger charge is 2.18. The Kier molecular flexibility index (Phi) is 2.76. The van der Waals surface area contributed by atoms with Crippen LogP contribution in [0.4, 0.5) is 0 Å². The van der Waals surface area contributed by atoms with Crippen LogP contribution in [0.1, 0.15) is 36.0 Å². The molecule has 0 saturated heterocycles. The average Bonchev–Trinajstić information content (AvgIpc) is 2.31. The van der Waals surface area contributed by atoms with Crippen molar-refractivity contribution < 1.29 is 9.53 Å². The van der Waals surface area contributed by atoms with Crippen molar-refractivity contribution in [2.45, 2.75) is 33.3 Å². The van der Waals surface area contributed by atoms with Crippen LogP contribution in [0.15, 0.2) is 11.4 Å². The molecule has 0 atom stereocenters. The topological polar surface area (TPSA) is 26.3 Å². The van der Waals surface area contributed by atoms with Crippen LogP contribution in [0.25, 0.3) is 0 Å². The lowest BCUT2D eigenvalue weighted by Gasteiger charge is -2.18. The molecule has 0 N–H and O–H groups in total. The van der Waals surface area contributed by atoms with Gasteiger partial charge in [-0.05, 0) is 33.8 Å². The van der Waals surface area contributed by atoms with Crippen LogP contribution in [0, 0.1) is 6.92 Å². The summed E-state index contributed by atoms with van der Waals surface area (Å²) in [6, 6.07) is 1.85. The Morgan fingerprint density at radius 3 is 2.46 bits per heavy atom. The molecule has 0 saturated carbocycles. The molecular weight excluding hydrogens is 184 g/mol. The highest BCUT2D eigenvalue weighted by Crippen LogP contribution is 2.17. The molecule has 3 heteroatoms. The Morgan fingerprint density at radius 1 is 1.46 bits per heavy atom. The monoisotopic (exact) mass is 198 g/mol. The number of rotatable bonds is 1. The van der Waals surface area contributed by atoms with Gasteiger partial charge in [-0.1, -0.05) is 0 Å². The molecule has 1 aromatic rings. The number of esters is 1. The van der Waals surface area contributed by atoms with Crippen molar-refractivity contribution in [3.8, 4) is 0 Å². The molecule has 0 aromatic carbocycles. The Bertz CT molecular complexity index is 307. The first kappa shape index (κ1) is 10.3. The minimum Gasteiger partial charge on any atom is -0.456 e. The molecule has 0 bridgehead atoms. The van der Waals surface area contributed by atoms with Crippen molar-refractivity contribution >= 4 is 17.3 Å². The van der Waals surface area contributed by atoms with Gasteiger partial charge in [0.25, 0.3) is 0 Å². The number of ether oxygens (including phenoxy) is 1. The van der Waals surface area contributed by atoms with Gasteiger partial charge in [0.1, 0.15) is 5.60 Å². The fourth-order valence-electron chi connectivity index (χ4n) is 0.888. The summed E-state index contributed by atoms with van der Waals surface area (Å²) in [7, 11) is 0. The molecule has 13 heavy (non-hydrogen) atoms. The number of hydrogen-bond donors (Lipinski definition) is 0. The molecule has 0 fully saturated rings. The van der Waals surface area contributed by atoms with Gasteiger partial charge < -0.3 is 4.74 Å². The summed E-state index contributed by atoms with van der Waals surface area (Å²) in [5, 5.41) is 1.82. The van der Waals surface area contributed by atoms with Crippen LogP contribution >= 0.6 is 11.3 Å². The van der Waals surface area contributed by atoms with E-state index in [-0.39, 0.29) is 5.97 Å². The maximum atomic E-state index is 11.5. The van der Waals surface area contributed by atoms with Gasteiger partial charge >= 0.3 is 5.97 Å². The van der Waals surface area contributed by atoms with Gasteiger partial charge in [0.2, 0.25) is 0 Å². The zero-order valence-electron chi connectivity index (χ0n) is 8.38. The molecule has 0 aliphatic carbocycles. The minimum atomic E-state index is -0.410. The summed E-state index contributed by atoms with van der Waals surface area (Å²) < 4.78 is 5.20. The van der Waals surface area contributed by atoms with Gasteiger partial charge in [-0.3, -0.25) is 0 Å². The van der Waals surface area contributed by atoms with Gasteiger partial charge in [0, 0.05) is 10.3 Å². The third-order valence-electron chi connectivity index (χ3n) is 1.37. The standard InChI is InChI=1S/C10H14O2S/c1-7-5-8(6-13-7)9(11)12-10(2,3)4/h5-6H,1-4H3. The maximum Gasteiger partial charge on any atom is 0.339 e. The van der Waals surface area contributed by atoms with Crippen LogP contribution in [0.2, 0.25) is 0 Å². The largest absolute Gasteiger partial charge is 0.456 e. The molecule has 0 aliphatic rings. The number of carbonyl (C=O) groups is 1. The van der Waals surface area contributed by atoms with Gasteiger partial charge in [-0.2, -0.15) is 0 Å². The van der Waals surface area contributed by atoms with E-state index < -0.39 is 5.60 Å². The fourth-order valence-corrected chi connectivity index (χ4v) is 1.56. The number of thiophene rings is 1. The van der Waals surface area contributed by atoms with E-state index in [9.17, 15) is 4.79 Å². The van der Waals surface area contributed by atoms with Crippen LogP contribution in [-0.4, -0.2) is 11.6 Å². The van der Waals surface area contributed by atoms with Gasteiger partial charge in [0.05, 0.1) is 5.56 Å². The summed E-state index contributed by atoms with van der Waals surface area (Å²) in [6.45, 7) is 7.57. The molecule has 2 nitrogen and oxygen atoms in total. The molecule has 1 heterocycles. The van der Waals surface area contributed by atoms with E-state index in [0.717, 1.165) is 4.88 Å². The lowest BCUT2D eigenvalue weighted by Crippen LogP contribution is -2.23. The van der Waals surface area contributed by atoms with E-state index in [4.69, 9.17) is 4.74 Å². The number of aryl methyl sites for hydroxylation is 1. The molecule has 0 aliphatic heterocycles. The molecule has 0 spiro atoms. The second-order valence-electron chi connectivity index (χ2n) is 3.95. The lowest BCUT2D eigenvalue weighted by molar-refractivity contribution is 0.00701. The highest BCUT2D eigenvalue weighted by atomic mass is 32.1. The van der Waals surface area contributed by atoms with Crippen LogP contribution in [0.3, 0.4) is 0 Å². The first-order valence-corrected chi connectivity index (χ1v) is 5.05. The Morgan fingerprint density at radius 2 is 2.08 bits per heavy atom. The second-order valence-corrected chi connectivity index (χ2v) is 5.06. The van der Waals surface area contributed by atoms with Crippen LogP contribution in [-0.2, 0) is 4.74 Å². The van der Waals surface area contributed by atoms with E-state index in [1.807, 2.05) is 39.1 Å². The van der Waals surface area contributed by atoms with E-state index in [2.05, 4.69) is 0 Å². The SMILES string of the molecule is Cc1cc(C(=O)OC(C)(C)C)cs1. The lowest BCUT2D eigenvalue weighted by atomic mass is 10.2. The predicted molar refractivity (Wildman–Crippen MR) is 54.2 cm³/mol. The number of carbonyl (C=O) groups excluding carboxylic acids is 1. The van der Waals surface area contributed by atoms with Crippen molar-refractivity contribution in [3.63, 3.8) is 0 Å². The molecular formula is C10H14O2S. The van der Waals surface area contributed by atoms with Gasteiger partial charge in [-0.25, -0.2) is 4.79 Å². The van der Waals surface area contributed by atoms with Crippen molar-refractivity contribution in [2.75, 3.05) is 0 Å². The van der Waals surface area contributed by atoms with Crippen LogP contribution in [0.5, 0.6) is 0 Å². The second kappa shape index (κ2) is 3.50. The van der Waals surface area contributed by atoms with Crippen molar-refractivity contribution in [3.05, 3.63) is 21.9 Å². The quantitative estimate of drug-likeness (QED) is 0.648. The molecule has 0 unspecified atom stereocenters. The first-order chi connectivity index (χ1) is 5.88. The normalized spacial score (nSPS) is 11.4. The first-order valence-electron chi connectivity index (χ1n) is 4.17. The van der Waals surface area contributed by atoms with Crippen molar-refractivity contribution in [1.82, 2.24) is 0 Å². The zero-order valence-corrected chi connectivity index (χ0v) is 9.20. The third kappa shape index (κ3) is 3.19. The van der Waals surface area contributed by atoms with Crippen molar-refractivity contribution in [1.29, 1.82) is 0 Å². The molecule has 72 valence electrons. The van der Waals surface area contributed by atoms with E-state index >= 15 is 0 Å². The van der Waals surface area contributed by atoms with Gasteiger partial charge in [0.15, 0.2) is 0 Å². The Labute approximate surface area is 82.5 Å². The summed E-state index contributed by atoms with van der Waals surface area (Å²) in [4.78, 5) is 12.6. The van der Waals surface area contributed by atoms with E-state index in [1.54, 1.807) is 11.3 Å².